The molecule has 0 fully saturated rings. The van der Waals surface area contributed by atoms with Crippen molar-refractivity contribution in [2.24, 2.45) is 0 Å². The van der Waals surface area contributed by atoms with Gasteiger partial charge in [0.05, 0.1) is 16.5 Å². The molecule has 2 aromatic rings. The van der Waals surface area contributed by atoms with E-state index < -0.39 is 11.8 Å². The van der Waals surface area contributed by atoms with E-state index in [-0.39, 0.29) is 10.8 Å². The van der Waals surface area contributed by atoms with Gasteiger partial charge in [-0.05, 0) is 25.1 Å². The largest absolute Gasteiger partial charge is 0.481 e. The lowest BCUT2D eigenvalue weighted by Gasteiger charge is -2.11. The van der Waals surface area contributed by atoms with Crippen molar-refractivity contribution in [3.8, 4) is 5.69 Å². The van der Waals surface area contributed by atoms with Gasteiger partial charge in [-0.25, -0.2) is 9.37 Å². The first-order valence-corrected chi connectivity index (χ1v) is 6.69. The average Bonchev–Trinajstić information content (AvgIpc) is 2.68. The molecule has 1 N–H and O–H groups in total. The number of hydrogen-bond donors (Lipinski definition) is 1. The van der Waals surface area contributed by atoms with E-state index in [9.17, 15) is 9.18 Å². The molecule has 0 bridgehead atoms. The predicted octanol–water partition coefficient (Wildman–Crippen LogP) is 3.15. The van der Waals surface area contributed by atoms with Gasteiger partial charge < -0.3 is 5.11 Å². The Hall–Kier alpha value is -1.53. The molecule has 4 nitrogen and oxygen atoms in total. The maximum atomic E-state index is 13.1. The van der Waals surface area contributed by atoms with Gasteiger partial charge in [0.15, 0.2) is 5.16 Å². The third-order valence-corrected chi connectivity index (χ3v) is 3.62. The summed E-state index contributed by atoms with van der Waals surface area (Å²) >= 11 is 7.10. The maximum Gasteiger partial charge on any atom is 0.313 e. The molecule has 0 saturated carbocycles. The van der Waals surface area contributed by atoms with Crippen LogP contribution in [0.2, 0.25) is 5.02 Å². The van der Waals surface area contributed by atoms with E-state index in [2.05, 4.69) is 4.98 Å². The van der Waals surface area contributed by atoms with Crippen LogP contribution in [0.3, 0.4) is 0 Å². The highest BCUT2D eigenvalue weighted by atomic mass is 35.5. The summed E-state index contributed by atoms with van der Waals surface area (Å²) in [4.78, 5) is 14.7. The Morgan fingerprint density at radius 1 is 1.58 bits per heavy atom. The second kappa shape index (κ2) is 5.63. The van der Waals surface area contributed by atoms with Gasteiger partial charge >= 0.3 is 5.97 Å². The fourth-order valence-corrected chi connectivity index (χ4v) is 2.60. The topological polar surface area (TPSA) is 55.1 Å². The van der Waals surface area contributed by atoms with Crippen LogP contribution in [-0.2, 0) is 4.79 Å². The minimum atomic E-state index is -0.928. The Morgan fingerprint density at radius 3 is 2.95 bits per heavy atom. The van der Waals surface area contributed by atoms with Crippen LogP contribution in [0.1, 0.15) is 5.69 Å². The van der Waals surface area contributed by atoms with Crippen molar-refractivity contribution in [1.29, 1.82) is 0 Å². The summed E-state index contributed by atoms with van der Waals surface area (Å²) in [7, 11) is 0. The molecule has 2 rings (SSSR count). The van der Waals surface area contributed by atoms with E-state index in [0.29, 0.717) is 10.8 Å². The molecule has 0 aliphatic heterocycles. The summed E-state index contributed by atoms with van der Waals surface area (Å²) in [5, 5.41) is 9.46. The number of aromatic nitrogens is 2. The molecule has 0 spiro atoms. The number of nitrogens with zero attached hydrogens (tertiary/aromatic N) is 2. The van der Waals surface area contributed by atoms with Gasteiger partial charge in [0.25, 0.3) is 0 Å². The first kappa shape index (κ1) is 13.9. The van der Waals surface area contributed by atoms with Gasteiger partial charge in [0.1, 0.15) is 5.82 Å². The lowest BCUT2D eigenvalue weighted by molar-refractivity contribution is -0.133. The van der Waals surface area contributed by atoms with Crippen LogP contribution in [0, 0.1) is 12.7 Å². The van der Waals surface area contributed by atoms with Crippen molar-refractivity contribution in [1.82, 2.24) is 9.55 Å². The lowest BCUT2D eigenvalue weighted by atomic mass is 10.3. The third-order valence-electron chi connectivity index (χ3n) is 2.38. The number of imidazole rings is 1. The molecule has 0 saturated heterocycles. The zero-order chi connectivity index (χ0) is 14.0. The fourth-order valence-electron chi connectivity index (χ4n) is 1.60. The zero-order valence-corrected chi connectivity index (χ0v) is 11.5. The van der Waals surface area contributed by atoms with Crippen LogP contribution in [0.5, 0.6) is 0 Å². The number of thioether (sulfide) groups is 1. The Labute approximate surface area is 118 Å². The number of halogens is 2. The molecular weight excluding hydrogens is 291 g/mol. The van der Waals surface area contributed by atoms with Gasteiger partial charge in [-0.15, -0.1) is 0 Å². The lowest BCUT2D eigenvalue weighted by Crippen LogP contribution is -2.03. The minimum absolute atomic E-state index is 0.102. The molecule has 19 heavy (non-hydrogen) atoms. The molecule has 0 aliphatic rings. The number of carboxylic acid groups (broad SMARTS) is 1. The smallest absolute Gasteiger partial charge is 0.313 e. The van der Waals surface area contributed by atoms with E-state index in [0.717, 1.165) is 17.5 Å². The highest BCUT2D eigenvalue weighted by molar-refractivity contribution is 7.99. The molecule has 1 heterocycles. The van der Waals surface area contributed by atoms with E-state index in [1.54, 1.807) is 10.8 Å². The molecule has 1 aromatic heterocycles. The van der Waals surface area contributed by atoms with Gasteiger partial charge in [0.2, 0.25) is 0 Å². The van der Waals surface area contributed by atoms with Crippen LogP contribution in [-0.4, -0.2) is 26.4 Å². The summed E-state index contributed by atoms with van der Waals surface area (Å²) in [5.74, 6) is -1.46. The monoisotopic (exact) mass is 300 g/mol. The van der Waals surface area contributed by atoms with E-state index >= 15 is 0 Å². The Balaban J connectivity index is 2.43. The van der Waals surface area contributed by atoms with Crippen molar-refractivity contribution in [3.05, 3.63) is 40.9 Å². The summed E-state index contributed by atoms with van der Waals surface area (Å²) < 4.78 is 14.8. The number of aliphatic carboxylic acids is 1. The molecule has 7 heteroatoms. The number of hydrogen-bond acceptors (Lipinski definition) is 3. The van der Waals surface area contributed by atoms with Gasteiger partial charge in [-0.3, -0.25) is 9.36 Å². The van der Waals surface area contributed by atoms with E-state index in [1.165, 1.54) is 18.2 Å². The number of aryl methyl sites for hydroxylation is 1. The molecule has 0 unspecified atom stereocenters. The average molecular weight is 301 g/mol. The van der Waals surface area contributed by atoms with E-state index in [4.69, 9.17) is 16.7 Å². The second-order valence-electron chi connectivity index (χ2n) is 3.80. The summed E-state index contributed by atoms with van der Waals surface area (Å²) in [5.41, 5.74) is 1.37. The van der Waals surface area contributed by atoms with Crippen LogP contribution < -0.4 is 0 Å². The molecule has 100 valence electrons. The maximum absolute atomic E-state index is 13.1. The molecule has 0 atom stereocenters. The fraction of sp³-hybridized carbons (Fsp3) is 0.167. The SMILES string of the molecule is Cc1cnc(SCC(=O)O)n1-c1ccc(F)cc1Cl. The zero-order valence-electron chi connectivity index (χ0n) is 9.93. The molecule has 1 aromatic carbocycles. The number of rotatable bonds is 4. The molecular formula is C12H10ClFN2O2S. The Bertz CT molecular complexity index is 630. The van der Waals surface area contributed by atoms with Crippen molar-refractivity contribution < 1.29 is 14.3 Å². The van der Waals surface area contributed by atoms with Crippen LogP contribution in [0.4, 0.5) is 4.39 Å². The first-order valence-electron chi connectivity index (χ1n) is 5.33. The standard InChI is InChI=1S/C12H10ClFN2O2S/c1-7-5-15-12(19-6-11(17)18)16(7)10-3-2-8(14)4-9(10)13/h2-5H,6H2,1H3,(H,17,18). The number of carboxylic acids is 1. The predicted molar refractivity (Wildman–Crippen MR) is 71.6 cm³/mol. The summed E-state index contributed by atoms with van der Waals surface area (Å²) in [6.45, 7) is 1.82. The van der Waals surface area contributed by atoms with Crippen molar-refractivity contribution >= 4 is 29.3 Å². The molecule has 0 radical (unpaired) electrons. The highest BCUT2D eigenvalue weighted by Crippen LogP contribution is 2.28. The normalized spacial score (nSPS) is 10.7. The number of benzene rings is 1. The number of carbonyl (C=O) groups is 1. The van der Waals surface area contributed by atoms with Crippen LogP contribution in [0.25, 0.3) is 5.69 Å². The third kappa shape index (κ3) is 3.08. The minimum Gasteiger partial charge on any atom is -0.481 e. The van der Waals surface area contributed by atoms with Gasteiger partial charge in [0, 0.05) is 11.9 Å². The van der Waals surface area contributed by atoms with Crippen molar-refractivity contribution in [3.63, 3.8) is 0 Å². The van der Waals surface area contributed by atoms with Crippen molar-refractivity contribution in [2.45, 2.75) is 12.1 Å². The summed E-state index contributed by atoms with van der Waals surface area (Å²) in [6, 6.07) is 4.05. The van der Waals surface area contributed by atoms with E-state index in [1.807, 2.05) is 6.92 Å². The van der Waals surface area contributed by atoms with Crippen LogP contribution >= 0.6 is 23.4 Å². The Morgan fingerprint density at radius 2 is 2.32 bits per heavy atom. The first-order chi connectivity index (χ1) is 8.99. The Kier molecular flexibility index (Phi) is 4.11. The summed E-state index contributed by atoms with van der Waals surface area (Å²) in [6.07, 6.45) is 1.61. The second-order valence-corrected chi connectivity index (χ2v) is 5.15. The molecule has 0 amide bonds. The van der Waals surface area contributed by atoms with Crippen molar-refractivity contribution in [2.75, 3.05) is 5.75 Å². The highest BCUT2D eigenvalue weighted by Gasteiger charge is 2.14. The van der Waals surface area contributed by atoms with Gasteiger partial charge in [-0.2, -0.15) is 0 Å². The van der Waals surface area contributed by atoms with Gasteiger partial charge in [-0.1, -0.05) is 23.4 Å². The quantitative estimate of drug-likeness (QED) is 0.881. The van der Waals surface area contributed by atoms with Crippen LogP contribution in [0.15, 0.2) is 29.6 Å². The molecule has 0 aliphatic carbocycles.